The third kappa shape index (κ3) is 3.44. The lowest BCUT2D eigenvalue weighted by atomic mass is 10.1. The summed E-state index contributed by atoms with van der Waals surface area (Å²) in [6.45, 7) is 1.86. The number of hydrogen-bond donors (Lipinski definition) is 1. The molecule has 3 aromatic rings. The van der Waals surface area contributed by atoms with Gasteiger partial charge in [-0.2, -0.15) is 0 Å². The molecule has 4 rings (SSSR count). The van der Waals surface area contributed by atoms with Crippen LogP contribution in [-0.4, -0.2) is 28.2 Å². The quantitative estimate of drug-likeness (QED) is 0.697. The highest BCUT2D eigenvalue weighted by Gasteiger charge is 2.30. The number of benzene rings is 2. The monoisotopic (exact) mass is 393 g/mol. The molecule has 1 aliphatic carbocycles. The summed E-state index contributed by atoms with van der Waals surface area (Å²) < 4.78 is 7.73. The van der Waals surface area contributed by atoms with E-state index >= 15 is 0 Å². The maximum Gasteiger partial charge on any atom is 0.336 e. The largest absolute Gasteiger partial charge is 0.497 e. The van der Waals surface area contributed by atoms with Crippen molar-refractivity contribution >= 4 is 16.8 Å². The molecule has 1 atom stereocenters. The van der Waals surface area contributed by atoms with Crippen LogP contribution in [0, 0.1) is 0 Å². The second kappa shape index (κ2) is 7.58. The molecular formula is C22H23N3O4. The Labute approximate surface area is 167 Å². The lowest BCUT2D eigenvalue weighted by Crippen LogP contribution is -2.44. The summed E-state index contributed by atoms with van der Waals surface area (Å²) in [5.74, 6) is 0.431. The minimum absolute atomic E-state index is 0.186. The van der Waals surface area contributed by atoms with E-state index in [0.717, 1.165) is 17.4 Å². The van der Waals surface area contributed by atoms with Gasteiger partial charge in [0.1, 0.15) is 11.8 Å². The van der Waals surface area contributed by atoms with Crippen LogP contribution in [0.4, 0.5) is 0 Å². The van der Waals surface area contributed by atoms with Crippen molar-refractivity contribution in [3.63, 3.8) is 0 Å². The number of ether oxygens (including phenoxy) is 1. The normalized spacial score (nSPS) is 14.6. The van der Waals surface area contributed by atoms with Gasteiger partial charge in [-0.3, -0.25) is 14.2 Å². The summed E-state index contributed by atoms with van der Waals surface area (Å²) in [4.78, 5) is 39.5. The predicted molar refractivity (Wildman–Crippen MR) is 111 cm³/mol. The molecule has 0 spiro atoms. The van der Waals surface area contributed by atoms with Gasteiger partial charge in [0, 0.05) is 6.04 Å². The average molecular weight is 393 g/mol. The Morgan fingerprint density at radius 3 is 2.45 bits per heavy atom. The third-order valence-corrected chi connectivity index (χ3v) is 5.25. The number of para-hydroxylation sites is 1. The Morgan fingerprint density at radius 1 is 1.14 bits per heavy atom. The molecule has 1 heterocycles. The first-order valence-electron chi connectivity index (χ1n) is 9.76. The van der Waals surface area contributed by atoms with Gasteiger partial charge < -0.3 is 10.1 Å². The van der Waals surface area contributed by atoms with E-state index < -0.39 is 17.3 Å². The molecule has 1 N–H and O–H groups in total. The molecule has 0 saturated heterocycles. The van der Waals surface area contributed by atoms with Crippen LogP contribution in [-0.2, 0) is 4.79 Å². The molecule has 1 amide bonds. The molecule has 7 nitrogen and oxygen atoms in total. The van der Waals surface area contributed by atoms with Crippen LogP contribution in [0.2, 0.25) is 0 Å². The number of fused-ring (bicyclic) bond motifs is 1. The fourth-order valence-corrected chi connectivity index (χ4v) is 3.55. The van der Waals surface area contributed by atoms with E-state index in [1.165, 1.54) is 4.57 Å². The van der Waals surface area contributed by atoms with Crippen LogP contribution in [0.3, 0.4) is 0 Å². The fourth-order valence-electron chi connectivity index (χ4n) is 3.55. The van der Waals surface area contributed by atoms with Gasteiger partial charge in [0.15, 0.2) is 0 Å². The van der Waals surface area contributed by atoms with E-state index in [1.54, 1.807) is 55.6 Å². The Balaban J connectivity index is 1.96. The van der Waals surface area contributed by atoms with Gasteiger partial charge in [-0.25, -0.2) is 9.36 Å². The van der Waals surface area contributed by atoms with Crippen molar-refractivity contribution < 1.29 is 9.53 Å². The second-order valence-corrected chi connectivity index (χ2v) is 7.22. The maximum atomic E-state index is 13.5. The Hall–Kier alpha value is -3.35. The Kier molecular flexibility index (Phi) is 4.96. The molecule has 150 valence electrons. The average Bonchev–Trinajstić information content (AvgIpc) is 3.55. The van der Waals surface area contributed by atoms with Crippen molar-refractivity contribution in [2.45, 2.75) is 38.3 Å². The molecule has 0 radical (unpaired) electrons. The SMILES string of the molecule is CCC(C(=O)NC1CC1)n1c(=O)n(-c2ccc(OC)cc2)c(=O)c2ccccc21. The van der Waals surface area contributed by atoms with Crippen molar-refractivity contribution in [3.05, 3.63) is 69.4 Å². The number of hydrogen-bond acceptors (Lipinski definition) is 4. The number of rotatable bonds is 6. The zero-order valence-electron chi connectivity index (χ0n) is 16.4. The zero-order valence-corrected chi connectivity index (χ0v) is 16.4. The number of aromatic nitrogens is 2. The molecule has 7 heteroatoms. The summed E-state index contributed by atoms with van der Waals surface area (Å²) in [6.07, 6.45) is 2.36. The molecule has 1 fully saturated rings. The van der Waals surface area contributed by atoms with Crippen molar-refractivity contribution in [2.24, 2.45) is 0 Å². The standard InChI is InChI=1S/C22H23N3O4/c1-3-18(20(26)23-14-8-9-14)25-19-7-5-4-6-17(19)21(27)24(22(25)28)15-10-12-16(29-2)13-11-15/h4-7,10-14,18H,3,8-9H2,1-2H3,(H,23,26). The summed E-state index contributed by atoms with van der Waals surface area (Å²) in [7, 11) is 1.55. The second-order valence-electron chi connectivity index (χ2n) is 7.22. The number of amides is 1. The summed E-state index contributed by atoms with van der Waals surface area (Å²) in [5.41, 5.74) is -0.0519. The smallest absolute Gasteiger partial charge is 0.336 e. The van der Waals surface area contributed by atoms with E-state index in [0.29, 0.717) is 28.8 Å². The van der Waals surface area contributed by atoms with Gasteiger partial charge in [-0.05, 0) is 55.7 Å². The number of carbonyl (C=O) groups is 1. The third-order valence-electron chi connectivity index (χ3n) is 5.25. The van der Waals surface area contributed by atoms with Crippen LogP contribution in [0.1, 0.15) is 32.2 Å². The van der Waals surface area contributed by atoms with Crippen LogP contribution >= 0.6 is 0 Å². The van der Waals surface area contributed by atoms with Gasteiger partial charge in [0.25, 0.3) is 5.56 Å². The summed E-state index contributed by atoms with van der Waals surface area (Å²) >= 11 is 0. The molecule has 0 aliphatic heterocycles. The van der Waals surface area contributed by atoms with Crippen LogP contribution in [0.5, 0.6) is 5.75 Å². The molecule has 1 aliphatic rings. The number of nitrogens with zero attached hydrogens (tertiary/aromatic N) is 2. The van der Waals surface area contributed by atoms with Gasteiger partial charge >= 0.3 is 5.69 Å². The predicted octanol–water partition coefficient (Wildman–Crippen LogP) is 2.39. The molecule has 1 aromatic heterocycles. The topological polar surface area (TPSA) is 82.3 Å². The molecule has 1 saturated carbocycles. The van der Waals surface area contributed by atoms with Crippen LogP contribution in [0.15, 0.2) is 58.1 Å². The van der Waals surface area contributed by atoms with Crippen molar-refractivity contribution in [2.75, 3.05) is 7.11 Å². The van der Waals surface area contributed by atoms with E-state index in [9.17, 15) is 14.4 Å². The molecule has 2 aromatic carbocycles. The Morgan fingerprint density at radius 2 is 1.83 bits per heavy atom. The highest BCUT2D eigenvalue weighted by molar-refractivity contribution is 5.85. The van der Waals surface area contributed by atoms with E-state index in [4.69, 9.17) is 4.74 Å². The van der Waals surface area contributed by atoms with Gasteiger partial charge in [0.05, 0.1) is 23.7 Å². The summed E-state index contributed by atoms with van der Waals surface area (Å²) in [6, 6.07) is 13.1. The van der Waals surface area contributed by atoms with E-state index in [1.807, 2.05) is 6.92 Å². The first-order chi connectivity index (χ1) is 14.0. The van der Waals surface area contributed by atoms with Gasteiger partial charge in [-0.1, -0.05) is 19.1 Å². The van der Waals surface area contributed by atoms with Crippen LogP contribution < -0.4 is 21.3 Å². The number of carbonyl (C=O) groups excluding carboxylic acids is 1. The molecule has 29 heavy (non-hydrogen) atoms. The molecule has 1 unspecified atom stereocenters. The lowest BCUT2D eigenvalue weighted by molar-refractivity contribution is -0.124. The lowest BCUT2D eigenvalue weighted by Gasteiger charge is -2.21. The highest BCUT2D eigenvalue weighted by atomic mass is 16.5. The van der Waals surface area contributed by atoms with Crippen molar-refractivity contribution in [1.82, 2.24) is 14.5 Å². The van der Waals surface area contributed by atoms with Crippen molar-refractivity contribution in [1.29, 1.82) is 0 Å². The van der Waals surface area contributed by atoms with Gasteiger partial charge in [-0.15, -0.1) is 0 Å². The highest BCUT2D eigenvalue weighted by Crippen LogP contribution is 2.22. The minimum Gasteiger partial charge on any atom is -0.497 e. The number of methoxy groups -OCH3 is 1. The first-order valence-corrected chi connectivity index (χ1v) is 9.76. The molecule has 0 bridgehead atoms. The van der Waals surface area contributed by atoms with E-state index in [2.05, 4.69) is 5.32 Å². The maximum absolute atomic E-state index is 13.5. The summed E-state index contributed by atoms with van der Waals surface area (Å²) in [5, 5.41) is 3.37. The fraction of sp³-hybridized carbons (Fsp3) is 0.318. The zero-order chi connectivity index (χ0) is 20.5. The molecular weight excluding hydrogens is 370 g/mol. The Bertz CT molecular complexity index is 1170. The van der Waals surface area contributed by atoms with Crippen molar-refractivity contribution in [3.8, 4) is 11.4 Å². The first kappa shape index (κ1) is 19.0. The van der Waals surface area contributed by atoms with Gasteiger partial charge in [0.2, 0.25) is 5.91 Å². The minimum atomic E-state index is -0.696. The van der Waals surface area contributed by atoms with E-state index in [-0.39, 0.29) is 11.9 Å². The number of nitrogens with one attached hydrogen (secondary N) is 1. The van der Waals surface area contributed by atoms with Crippen LogP contribution in [0.25, 0.3) is 16.6 Å².